The molecule has 0 spiro atoms. The number of esters is 4. The minimum atomic E-state index is -1.14. The number of furan rings is 1. The molecule has 0 amide bonds. The van der Waals surface area contributed by atoms with E-state index in [0.29, 0.717) is 42.6 Å². The van der Waals surface area contributed by atoms with Gasteiger partial charge in [0.2, 0.25) is 0 Å². The number of ether oxygens (including phenoxy) is 4. The van der Waals surface area contributed by atoms with Crippen LogP contribution in [-0.4, -0.2) is 42.2 Å². The molecule has 4 atom stereocenters. The summed E-state index contributed by atoms with van der Waals surface area (Å²) in [5, 5.41) is 0. The highest BCUT2D eigenvalue weighted by atomic mass is 16.6. The van der Waals surface area contributed by atoms with Crippen LogP contribution in [0.3, 0.4) is 0 Å². The number of cyclic esters (lactones) is 1. The Morgan fingerprint density at radius 1 is 1.22 bits per heavy atom. The number of rotatable bonds is 7. The second kappa shape index (κ2) is 10.0. The van der Waals surface area contributed by atoms with E-state index in [4.69, 9.17) is 23.4 Å². The third kappa shape index (κ3) is 4.63. The summed E-state index contributed by atoms with van der Waals surface area (Å²) in [7, 11) is 1.31. The lowest BCUT2D eigenvalue weighted by molar-refractivity contribution is -0.235. The monoisotopic (exact) mass is 512 g/mol. The molecular formula is C28H32O9. The minimum Gasteiger partial charge on any atom is -0.466 e. The smallest absolute Gasteiger partial charge is 0.334 e. The third-order valence-corrected chi connectivity index (χ3v) is 7.89. The molecular weight excluding hydrogens is 480 g/mol. The van der Waals surface area contributed by atoms with Crippen LogP contribution in [0.1, 0.15) is 58.6 Å². The van der Waals surface area contributed by atoms with Crippen LogP contribution >= 0.6 is 0 Å². The summed E-state index contributed by atoms with van der Waals surface area (Å²) in [5.41, 5.74) is -2.50. The van der Waals surface area contributed by atoms with Gasteiger partial charge in [-0.15, -0.1) is 0 Å². The van der Waals surface area contributed by atoms with Crippen molar-refractivity contribution in [1.82, 2.24) is 0 Å². The zero-order valence-electron chi connectivity index (χ0n) is 21.5. The van der Waals surface area contributed by atoms with E-state index in [0.717, 1.165) is 0 Å². The zero-order valence-corrected chi connectivity index (χ0v) is 21.5. The van der Waals surface area contributed by atoms with E-state index in [9.17, 15) is 19.2 Å². The van der Waals surface area contributed by atoms with Gasteiger partial charge < -0.3 is 23.4 Å². The molecule has 1 saturated carbocycles. The molecule has 1 aromatic heterocycles. The summed E-state index contributed by atoms with van der Waals surface area (Å²) in [5.74, 6) is -1.73. The highest BCUT2D eigenvalue weighted by Gasteiger charge is 2.74. The van der Waals surface area contributed by atoms with Gasteiger partial charge in [-0.3, -0.25) is 9.59 Å². The van der Waals surface area contributed by atoms with Crippen LogP contribution < -0.4 is 0 Å². The Morgan fingerprint density at radius 2 is 2.00 bits per heavy atom. The van der Waals surface area contributed by atoms with Crippen molar-refractivity contribution >= 4 is 23.9 Å². The standard InChI is InChI=1S/C28H32O9/c1-18(23(30)35-17-21-8-6-16-34-21)7-5-12-26(3)22-11-14-27(25(32)37-26)13-9-20(24(31)33-4)10-15-28(22,27)36-19(2)29/h5-9,12,16,22H,10-11,13-15,17H2,1-4H3/b12-5+,18-7+/t22-,26+,27+,28-/m0/s1. The van der Waals surface area contributed by atoms with Gasteiger partial charge in [0.25, 0.3) is 0 Å². The van der Waals surface area contributed by atoms with Gasteiger partial charge in [-0.05, 0) is 64.2 Å². The first-order valence-electron chi connectivity index (χ1n) is 12.3. The number of methoxy groups -OCH3 is 1. The first-order valence-corrected chi connectivity index (χ1v) is 12.3. The number of hydrogen-bond acceptors (Lipinski definition) is 9. The Morgan fingerprint density at radius 3 is 2.68 bits per heavy atom. The molecule has 0 radical (unpaired) electrons. The van der Waals surface area contributed by atoms with Crippen molar-refractivity contribution in [2.75, 3.05) is 7.11 Å². The SMILES string of the molecule is COC(=O)C1=CC[C@@]23CC[C@@H]([C@@](C)(/C=C/C=C(\C)C(=O)OCc4ccco4)OC2=O)[C@@]3(OC(C)=O)CC1. The van der Waals surface area contributed by atoms with E-state index in [-0.39, 0.29) is 18.9 Å². The van der Waals surface area contributed by atoms with E-state index >= 15 is 0 Å². The molecule has 0 unspecified atom stereocenters. The number of carbonyl (C=O) groups is 4. The molecule has 4 rings (SSSR count). The van der Waals surface area contributed by atoms with E-state index in [1.807, 2.05) is 0 Å². The van der Waals surface area contributed by atoms with Crippen LogP contribution in [0.15, 0.2) is 58.3 Å². The predicted octanol–water partition coefficient (Wildman–Crippen LogP) is 4.12. The Bertz CT molecular complexity index is 1170. The second-order valence-electron chi connectivity index (χ2n) is 10.0. The third-order valence-electron chi connectivity index (χ3n) is 7.89. The van der Waals surface area contributed by atoms with Crippen LogP contribution in [0.25, 0.3) is 0 Å². The molecule has 1 aliphatic heterocycles. The average molecular weight is 513 g/mol. The fourth-order valence-corrected chi connectivity index (χ4v) is 6.09. The first kappa shape index (κ1) is 26.4. The molecule has 1 saturated heterocycles. The molecule has 9 heteroatoms. The topological polar surface area (TPSA) is 118 Å². The molecule has 1 aromatic rings. The lowest BCUT2D eigenvalue weighted by Crippen LogP contribution is -2.65. The normalized spacial score (nSPS) is 31.1. The van der Waals surface area contributed by atoms with Crippen molar-refractivity contribution in [2.45, 2.75) is 70.7 Å². The Balaban J connectivity index is 1.59. The van der Waals surface area contributed by atoms with Crippen molar-refractivity contribution in [3.63, 3.8) is 0 Å². The predicted molar refractivity (Wildman–Crippen MR) is 130 cm³/mol. The molecule has 37 heavy (non-hydrogen) atoms. The van der Waals surface area contributed by atoms with Crippen LogP contribution in [0.2, 0.25) is 0 Å². The van der Waals surface area contributed by atoms with E-state index < -0.39 is 40.5 Å². The molecule has 0 aromatic carbocycles. The fraction of sp³-hybridized carbons (Fsp3) is 0.500. The first-order chi connectivity index (χ1) is 17.6. The summed E-state index contributed by atoms with van der Waals surface area (Å²) >= 11 is 0. The largest absolute Gasteiger partial charge is 0.466 e. The van der Waals surface area contributed by atoms with E-state index in [2.05, 4.69) is 0 Å². The van der Waals surface area contributed by atoms with Gasteiger partial charge in [-0.25, -0.2) is 9.59 Å². The fourth-order valence-electron chi connectivity index (χ4n) is 6.09. The molecule has 198 valence electrons. The van der Waals surface area contributed by atoms with Gasteiger partial charge in [0.1, 0.15) is 29.0 Å². The summed E-state index contributed by atoms with van der Waals surface area (Å²) in [6.07, 6.45) is 10.1. The van der Waals surface area contributed by atoms with Crippen LogP contribution in [0.4, 0.5) is 0 Å². The van der Waals surface area contributed by atoms with Gasteiger partial charge in [0.15, 0.2) is 0 Å². The quantitative estimate of drug-likeness (QED) is 0.230. The summed E-state index contributed by atoms with van der Waals surface area (Å²) < 4.78 is 27.4. The lowest BCUT2D eigenvalue weighted by atomic mass is 9.62. The number of hydrogen-bond donors (Lipinski definition) is 0. The molecule has 2 heterocycles. The van der Waals surface area contributed by atoms with Crippen LogP contribution in [0.5, 0.6) is 0 Å². The van der Waals surface area contributed by atoms with Crippen molar-refractivity contribution < 1.29 is 42.5 Å². The molecule has 2 fully saturated rings. The minimum absolute atomic E-state index is 0.0206. The van der Waals surface area contributed by atoms with Gasteiger partial charge in [-0.1, -0.05) is 18.2 Å². The molecule has 0 N–H and O–H groups in total. The maximum absolute atomic E-state index is 13.6. The molecule has 9 nitrogen and oxygen atoms in total. The zero-order chi connectivity index (χ0) is 26.8. The van der Waals surface area contributed by atoms with Crippen molar-refractivity contribution in [1.29, 1.82) is 0 Å². The maximum Gasteiger partial charge on any atom is 0.334 e. The van der Waals surface area contributed by atoms with Gasteiger partial charge in [0, 0.05) is 24.0 Å². The summed E-state index contributed by atoms with van der Waals surface area (Å²) in [6, 6.07) is 3.42. The molecule has 3 aliphatic rings. The van der Waals surface area contributed by atoms with Crippen molar-refractivity contribution in [3.05, 3.63) is 59.6 Å². The molecule has 2 bridgehead atoms. The highest BCUT2D eigenvalue weighted by molar-refractivity contribution is 5.90. The molecule has 2 aliphatic carbocycles. The summed E-state index contributed by atoms with van der Waals surface area (Å²) in [6.45, 7) is 4.75. The van der Waals surface area contributed by atoms with Crippen LogP contribution in [0, 0.1) is 11.3 Å². The Labute approximate surface area is 215 Å². The summed E-state index contributed by atoms with van der Waals surface area (Å²) in [4.78, 5) is 50.6. The van der Waals surface area contributed by atoms with E-state index in [1.54, 1.807) is 50.3 Å². The van der Waals surface area contributed by atoms with Gasteiger partial charge in [-0.2, -0.15) is 0 Å². The number of carbonyl (C=O) groups excluding carboxylic acids is 4. The lowest BCUT2D eigenvalue weighted by Gasteiger charge is -2.54. The van der Waals surface area contributed by atoms with E-state index in [1.165, 1.54) is 20.3 Å². The van der Waals surface area contributed by atoms with Crippen LogP contribution in [-0.2, 0) is 44.7 Å². The van der Waals surface area contributed by atoms with Gasteiger partial charge >= 0.3 is 23.9 Å². The van der Waals surface area contributed by atoms with Gasteiger partial charge in [0.05, 0.1) is 13.4 Å². The Kier molecular flexibility index (Phi) is 7.17. The average Bonchev–Trinajstić information content (AvgIpc) is 3.42. The Hall–Kier alpha value is -3.62. The number of allylic oxidation sites excluding steroid dienone is 3. The second-order valence-corrected chi connectivity index (χ2v) is 10.0. The van der Waals surface area contributed by atoms with Crippen molar-refractivity contribution in [3.8, 4) is 0 Å². The maximum atomic E-state index is 13.6. The highest BCUT2D eigenvalue weighted by Crippen LogP contribution is 2.65. The van der Waals surface area contributed by atoms with Crippen molar-refractivity contribution in [2.24, 2.45) is 11.3 Å².